The van der Waals surface area contributed by atoms with E-state index in [0.717, 1.165) is 12.0 Å². The summed E-state index contributed by atoms with van der Waals surface area (Å²) in [6, 6.07) is 8.91. The number of Topliss-reactive ketones (excluding diaryl/α,β-unsaturated/α-hetero) is 1. The monoisotopic (exact) mass is 469 g/mol. The van der Waals surface area contributed by atoms with Crippen molar-refractivity contribution in [2.75, 3.05) is 20.3 Å². The molecule has 0 N–H and O–H groups in total. The molecule has 9 heteroatoms. The van der Waals surface area contributed by atoms with Crippen molar-refractivity contribution in [2.45, 2.75) is 38.7 Å². The maximum atomic E-state index is 13.3. The predicted octanol–water partition coefficient (Wildman–Crippen LogP) is 5.02. The molecular weight excluding hydrogens is 444 g/mol. The molecule has 4 rings (SSSR count). The summed E-state index contributed by atoms with van der Waals surface area (Å²) >= 11 is 0. The number of fused-ring (bicyclic) bond motifs is 1. The summed E-state index contributed by atoms with van der Waals surface area (Å²) in [5.41, 5.74) is 1.78. The third-order valence-corrected chi connectivity index (χ3v) is 6.09. The smallest absolute Gasteiger partial charge is 0.387 e. The van der Waals surface area contributed by atoms with E-state index in [1.54, 1.807) is 22.9 Å². The average molecular weight is 469 g/mol. The number of carbonyl (C=O) groups excluding carboxylic acids is 1. The van der Waals surface area contributed by atoms with E-state index in [2.05, 4.69) is 11.1 Å². The van der Waals surface area contributed by atoms with Gasteiger partial charge in [0.25, 0.3) is 0 Å². The van der Waals surface area contributed by atoms with Gasteiger partial charge in [0, 0.05) is 31.4 Å². The van der Waals surface area contributed by atoms with Crippen LogP contribution < -0.4 is 9.47 Å². The van der Waals surface area contributed by atoms with Crippen LogP contribution in [-0.2, 0) is 10.2 Å². The quantitative estimate of drug-likeness (QED) is 0.431. The Bertz CT molecular complexity index is 1260. The Morgan fingerprint density at radius 1 is 1.35 bits per heavy atom. The first-order chi connectivity index (χ1) is 16.2. The second kappa shape index (κ2) is 9.39. The fourth-order valence-corrected chi connectivity index (χ4v) is 4.12. The minimum atomic E-state index is -3.11. The Kier molecular flexibility index (Phi) is 6.53. The number of ketones is 1. The SMILES string of the molecule is COc1cc(-c2cnc3cc(C(C)(C)C#N)ccn23)cc(OC(F)F)c1C(=O)CC1CCOC1. The number of carbonyl (C=O) groups is 1. The van der Waals surface area contributed by atoms with Gasteiger partial charge in [0.2, 0.25) is 0 Å². The van der Waals surface area contributed by atoms with Crippen molar-refractivity contribution >= 4 is 11.4 Å². The van der Waals surface area contributed by atoms with Gasteiger partial charge in [0.1, 0.15) is 22.7 Å². The molecule has 0 bridgehead atoms. The van der Waals surface area contributed by atoms with Crippen LogP contribution in [0.4, 0.5) is 8.78 Å². The van der Waals surface area contributed by atoms with Crippen LogP contribution in [0.1, 0.15) is 42.6 Å². The summed E-state index contributed by atoms with van der Waals surface area (Å²) in [6.07, 6.45) is 4.26. The lowest BCUT2D eigenvalue weighted by Crippen LogP contribution is -2.14. The van der Waals surface area contributed by atoms with E-state index in [9.17, 15) is 18.8 Å². The number of ether oxygens (including phenoxy) is 3. The highest BCUT2D eigenvalue weighted by atomic mass is 19.3. The maximum Gasteiger partial charge on any atom is 0.387 e. The first-order valence-electron chi connectivity index (χ1n) is 10.9. The van der Waals surface area contributed by atoms with E-state index in [-0.39, 0.29) is 35.2 Å². The van der Waals surface area contributed by atoms with E-state index in [4.69, 9.17) is 14.2 Å². The summed E-state index contributed by atoms with van der Waals surface area (Å²) in [5.74, 6) is -0.405. The number of nitriles is 1. The number of rotatable bonds is 8. The summed E-state index contributed by atoms with van der Waals surface area (Å²) < 4.78 is 43.9. The van der Waals surface area contributed by atoms with E-state index < -0.39 is 12.0 Å². The lowest BCUT2D eigenvalue weighted by molar-refractivity contribution is -0.0502. The van der Waals surface area contributed by atoms with Gasteiger partial charge in [-0.15, -0.1) is 0 Å². The van der Waals surface area contributed by atoms with Gasteiger partial charge in [-0.05, 0) is 56.0 Å². The highest BCUT2D eigenvalue weighted by Crippen LogP contribution is 2.38. The molecule has 0 aliphatic carbocycles. The van der Waals surface area contributed by atoms with Gasteiger partial charge in [-0.1, -0.05) is 0 Å². The number of methoxy groups -OCH3 is 1. The number of nitrogens with zero attached hydrogens (tertiary/aromatic N) is 3. The van der Waals surface area contributed by atoms with Crippen molar-refractivity contribution in [3.8, 4) is 28.8 Å². The van der Waals surface area contributed by atoms with Crippen molar-refractivity contribution in [1.29, 1.82) is 5.26 Å². The van der Waals surface area contributed by atoms with Crippen LogP contribution in [0.15, 0.2) is 36.7 Å². The molecule has 0 spiro atoms. The molecule has 3 aromatic rings. The number of hydrogen-bond donors (Lipinski definition) is 0. The number of pyridine rings is 1. The average Bonchev–Trinajstić information content (AvgIpc) is 3.47. The van der Waals surface area contributed by atoms with Gasteiger partial charge in [-0.25, -0.2) is 4.98 Å². The molecule has 1 aliphatic heterocycles. The molecule has 1 saturated heterocycles. The number of benzene rings is 1. The lowest BCUT2D eigenvalue weighted by atomic mass is 9.87. The van der Waals surface area contributed by atoms with Gasteiger partial charge in [-0.3, -0.25) is 9.20 Å². The highest BCUT2D eigenvalue weighted by Gasteiger charge is 2.27. The topological polar surface area (TPSA) is 85.9 Å². The van der Waals surface area contributed by atoms with Crippen LogP contribution in [0.3, 0.4) is 0 Å². The summed E-state index contributed by atoms with van der Waals surface area (Å²) in [5, 5.41) is 9.42. The van der Waals surface area contributed by atoms with Crippen LogP contribution in [0, 0.1) is 17.2 Å². The molecule has 0 radical (unpaired) electrons. The van der Waals surface area contributed by atoms with Crippen molar-refractivity contribution < 1.29 is 27.8 Å². The van der Waals surface area contributed by atoms with Crippen LogP contribution in [-0.4, -0.2) is 42.1 Å². The second-order valence-electron chi connectivity index (χ2n) is 8.81. The van der Waals surface area contributed by atoms with Crippen molar-refractivity contribution in [3.63, 3.8) is 0 Å². The molecule has 3 heterocycles. The highest BCUT2D eigenvalue weighted by molar-refractivity contribution is 6.02. The number of halogens is 2. The first kappa shape index (κ1) is 23.6. The molecule has 0 amide bonds. The van der Waals surface area contributed by atoms with Crippen molar-refractivity contribution in [3.05, 3.63) is 47.8 Å². The zero-order valence-electron chi connectivity index (χ0n) is 19.2. The Labute approximate surface area is 195 Å². The second-order valence-corrected chi connectivity index (χ2v) is 8.81. The molecule has 1 aromatic carbocycles. The summed E-state index contributed by atoms with van der Waals surface area (Å²) in [4.78, 5) is 17.5. The largest absolute Gasteiger partial charge is 0.496 e. The Hall–Kier alpha value is -3.51. The Balaban J connectivity index is 1.79. The van der Waals surface area contributed by atoms with Gasteiger partial charge in [0.15, 0.2) is 5.78 Å². The molecule has 34 heavy (non-hydrogen) atoms. The molecule has 1 fully saturated rings. The maximum absolute atomic E-state index is 13.3. The number of imidazole rings is 1. The molecule has 7 nitrogen and oxygen atoms in total. The Morgan fingerprint density at radius 2 is 2.12 bits per heavy atom. The molecule has 2 aromatic heterocycles. The molecule has 178 valence electrons. The van der Waals surface area contributed by atoms with Gasteiger partial charge >= 0.3 is 6.61 Å². The number of hydrogen-bond acceptors (Lipinski definition) is 6. The zero-order chi connectivity index (χ0) is 24.5. The van der Waals surface area contributed by atoms with Crippen molar-refractivity contribution in [2.24, 2.45) is 5.92 Å². The van der Waals surface area contributed by atoms with E-state index in [1.165, 1.54) is 13.2 Å². The molecular formula is C25H25F2N3O4. The lowest BCUT2D eigenvalue weighted by Gasteiger charge is -2.17. The van der Waals surface area contributed by atoms with Crippen molar-refractivity contribution in [1.82, 2.24) is 9.38 Å². The summed E-state index contributed by atoms with van der Waals surface area (Å²) in [7, 11) is 1.38. The van der Waals surface area contributed by atoms with Crippen LogP contribution >= 0.6 is 0 Å². The minimum absolute atomic E-state index is 0.00896. The zero-order valence-corrected chi connectivity index (χ0v) is 19.2. The number of alkyl halides is 2. The summed E-state index contributed by atoms with van der Waals surface area (Å²) in [6.45, 7) is 1.56. The van der Waals surface area contributed by atoms with Gasteiger partial charge in [-0.2, -0.15) is 14.0 Å². The molecule has 1 aliphatic rings. The Morgan fingerprint density at radius 3 is 2.76 bits per heavy atom. The van der Waals surface area contributed by atoms with Crippen LogP contribution in [0.2, 0.25) is 0 Å². The third-order valence-electron chi connectivity index (χ3n) is 6.09. The number of aromatic nitrogens is 2. The molecule has 1 unspecified atom stereocenters. The fraction of sp³-hybridized carbons (Fsp3) is 0.400. The van der Waals surface area contributed by atoms with E-state index in [0.29, 0.717) is 30.1 Å². The van der Waals surface area contributed by atoms with Crippen LogP contribution in [0.5, 0.6) is 11.5 Å². The fourth-order valence-electron chi connectivity index (χ4n) is 4.12. The van der Waals surface area contributed by atoms with Gasteiger partial charge in [0.05, 0.1) is 30.5 Å². The predicted molar refractivity (Wildman–Crippen MR) is 120 cm³/mol. The van der Waals surface area contributed by atoms with Crippen LogP contribution in [0.25, 0.3) is 16.9 Å². The normalized spacial score (nSPS) is 16.1. The standard InChI is InChI=1S/C25H25F2N3O4/c1-25(2,14-28)17-4-6-30-18(12-29-22(30)11-17)16-9-20(32-3)23(21(10-16)34-24(26)27)19(31)8-15-5-7-33-13-15/h4,6,9-12,15,24H,5,7-8,13H2,1-3H3. The van der Waals surface area contributed by atoms with E-state index >= 15 is 0 Å². The van der Waals surface area contributed by atoms with Gasteiger partial charge < -0.3 is 14.2 Å². The molecule has 1 atom stereocenters. The minimum Gasteiger partial charge on any atom is -0.496 e. The third kappa shape index (κ3) is 4.59. The first-order valence-corrected chi connectivity index (χ1v) is 10.9. The van der Waals surface area contributed by atoms with E-state index in [1.807, 2.05) is 26.0 Å². The molecule has 0 saturated carbocycles.